The Morgan fingerprint density at radius 3 is 2.68 bits per heavy atom. The van der Waals surface area contributed by atoms with Gasteiger partial charge in [-0.15, -0.1) is 0 Å². The first-order chi connectivity index (χ1) is 12.1. The normalized spacial score (nSPS) is 16.6. The molecule has 132 valence electrons. The molecule has 1 aromatic carbocycles. The van der Waals surface area contributed by atoms with Crippen molar-refractivity contribution < 1.29 is 8.42 Å². The molecule has 2 N–H and O–H groups in total. The van der Waals surface area contributed by atoms with E-state index < -0.39 is 10.0 Å². The second-order valence-corrected chi connectivity index (χ2v) is 8.75. The van der Waals surface area contributed by atoms with Crippen LogP contribution in [0.2, 0.25) is 0 Å². The van der Waals surface area contributed by atoms with Gasteiger partial charge in [0.2, 0.25) is 10.0 Å². The summed E-state index contributed by atoms with van der Waals surface area (Å²) in [6.45, 7) is 1.22. The smallest absolute Gasteiger partial charge is 0.242 e. The molecule has 2 aliphatic carbocycles. The molecule has 0 bridgehead atoms. The van der Waals surface area contributed by atoms with Crippen LogP contribution in [0.5, 0.6) is 0 Å². The van der Waals surface area contributed by atoms with E-state index in [0.717, 1.165) is 12.8 Å². The van der Waals surface area contributed by atoms with Crippen LogP contribution in [0.1, 0.15) is 36.0 Å². The van der Waals surface area contributed by atoms with Gasteiger partial charge < -0.3 is 5.32 Å². The van der Waals surface area contributed by atoms with Crippen molar-refractivity contribution in [1.29, 1.82) is 0 Å². The number of benzene rings is 1. The lowest BCUT2D eigenvalue weighted by Gasteiger charge is -2.09. The molecule has 0 amide bonds. The third kappa shape index (κ3) is 4.02. The SMILES string of the molecule is O=S(=O)(NCC1CC1)c1ccc(NCc2ccc3c(c2)CCC3)nc1. The number of hydrogen-bond acceptors (Lipinski definition) is 4. The van der Waals surface area contributed by atoms with Gasteiger partial charge in [0.15, 0.2) is 0 Å². The third-order valence-electron chi connectivity index (χ3n) is 4.94. The van der Waals surface area contributed by atoms with Gasteiger partial charge >= 0.3 is 0 Å². The first-order valence-electron chi connectivity index (χ1n) is 8.90. The monoisotopic (exact) mass is 357 g/mol. The first-order valence-corrected chi connectivity index (χ1v) is 10.4. The van der Waals surface area contributed by atoms with Crippen LogP contribution >= 0.6 is 0 Å². The van der Waals surface area contributed by atoms with Crippen LogP contribution in [-0.4, -0.2) is 19.9 Å². The van der Waals surface area contributed by atoms with Gasteiger partial charge in [0.05, 0.1) is 0 Å². The van der Waals surface area contributed by atoms with Gasteiger partial charge in [-0.1, -0.05) is 18.2 Å². The molecule has 4 rings (SSSR count). The Kier molecular flexibility index (Phi) is 4.48. The van der Waals surface area contributed by atoms with Crippen LogP contribution < -0.4 is 10.0 Å². The average Bonchev–Trinajstić information content (AvgIpc) is 3.34. The summed E-state index contributed by atoms with van der Waals surface area (Å²) < 4.78 is 27.0. The Morgan fingerprint density at radius 1 is 1.08 bits per heavy atom. The molecule has 0 unspecified atom stereocenters. The van der Waals surface area contributed by atoms with E-state index >= 15 is 0 Å². The molecule has 2 aliphatic rings. The molecule has 0 spiro atoms. The second kappa shape index (κ2) is 6.77. The number of nitrogens with one attached hydrogen (secondary N) is 2. The standard InChI is InChI=1S/C19H23N3O2S/c23-25(24,22-12-14-4-5-14)18-8-9-19(21-13-18)20-11-15-6-7-16-2-1-3-17(16)10-15/h6-10,13-14,22H,1-5,11-12H2,(H,20,21). The Bertz CT molecular complexity index is 859. The van der Waals surface area contributed by atoms with Crippen molar-refractivity contribution in [3.63, 3.8) is 0 Å². The number of sulfonamides is 1. The van der Waals surface area contributed by atoms with Gasteiger partial charge in [0.25, 0.3) is 0 Å². The van der Waals surface area contributed by atoms with E-state index in [4.69, 9.17) is 0 Å². The Morgan fingerprint density at radius 2 is 1.92 bits per heavy atom. The summed E-state index contributed by atoms with van der Waals surface area (Å²) in [5, 5.41) is 3.26. The zero-order valence-electron chi connectivity index (χ0n) is 14.2. The lowest BCUT2D eigenvalue weighted by molar-refractivity contribution is 0.577. The zero-order valence-corrected chi connectivity index (χ0v) is 15.0. The maximum atomic E-state index is 12.2. The van der Waals surface area contributed by atoms with Crippen LogP contribution in [0.3, 0.4) is 0 Å². The molecule has 0 aliphatic heterocycles. The minimum atomic E-state index is -3.45. The molecule has 1 fully saturated rings. The van der Waals surface area contributed by atoms with Gasteiger partial charge in [0, 0.05) is 19.3 Å². The molecular formula is C19H23N3O2S. The summed E-state index contributed by atoms with van der Waals surface area (Å²) in [5.74, 6) is 1.19. The summed E-state index contributed by atoms with van der Waals surface area (Å²) in [6.07, 6.45) is 7.26. The van der Waals surface area contributed by atoms with Crippen molar-refractivity contribution in [2.24, 2.45) is 5.92 Å². The highest BCUT2D eigenvalue weighted by Crippen LogP contribution is 2.28. The number of nitrogens with zero attached hydrogens (tertiary/aromatic N) is 1. The van der Waals surface area contributed by atoms with Crippen LogP contribution in [0.25, 0.3) is 0 Å². The number of aromatic nitrogens is 1. The minimum Gasteiger partial charge on any atom is -0.366 e. The van der Waals surface area contributed by atoms with Gasteiger partial charge in [0.1, 0.15) is 10.7 Å². The van der Waals surface area contributed by atoms with Crippen LogP contribution in [0, 0.1) is 5.92 Å². The van der Waals surface area contributed by atoms with E-state index in [9.17, 15) is 8.42 Å². The number of aryl methyl sites for hydroxylation is 2. The van der Waals surface area contributed by atoms with Gasteiger partial charge in [-0.3, -0.25) is 0 Å². The Balaban J connectivity index is 1.37. The molecule has 1 saturated carbocycles. The molecule has 5 nitrogen and oxygen atoms in total. The topological polar surface area (TPSA) is 71.1 Å². The van der Waals surface area contributed by atoms with Crippen molar-refractivity contribution in [3.8, 4) is 0 Å². The van der Waals surface area contributed by atoms with Crippen molar-refractivity contribution in [2.75, 3.05) is 11.9 Å². The predicted octanol–water partition coefficient (Wildman–Crippen LogP) is 2.87. The van der Waals surface area contributed by atoms with Crippen LogP contribution in [-0.2, 0) is 29.4 Å². The Hall–Kier alpha value is -1.92. The number of hydrogen-bond donors (Lipinski definition) is 2. The largest absolute Gasteiger partial charge is 0.366 e. The quantitative estimate of drug-likeness (QED) is 0.799. The molecule has 2 aromatic rings. The van der Waals surface area contributed by atoms with E-state index in [1.54, 1.807) is 12.1 Å². The minimum absolute atomic E-state index is 0.219. The number of pyridine rings is 1. The van der Waals surface area contributed by atoms with Gasteiger partial charge in [-0.2, -0.15) is 0 Å². The summed E-state index contributed by atoms with van der Waals surface area (Å²) in [4.78, 5) is 4.46. The maximum Gasteiger partial charge on any atom is 0.242 e. The average molecular weight is 357 g/mol. The lowest BCUT2D eigenvalue weighted by atomic mass is 10.1. The van der Waals surface area contributed by atoms with Crippen molar-refractivity contribution in [1.82, 2.24) is 9.71 Å². The fourth-order valence-corrected chi connectivity index (χ4v) is 4.26. The van der Waals surface area contributed by atoms with Crippen molar-refractivity contribution in [3.05, 3.63) is 53.2 Å². The fourth-order valence-electron chi connectivity index (χ4n) is 3.20. The summed E-state index contributed by atoms with van der Waals surface area (Å²) in [7, 11) is -3.45. The van der Waals surface area contributed by atoms with E-state index in [0.29, 0.717) is 24.8 Å². The van der Waals surface area contributed by atoms with E-state index in [1.807, 2.05) is 0 Å². The predicted molar refractivity (Wildman–Crippen MR) is 97.9 cm³/mol. The number of anilines is 1. The van der Waals surface area contributed by atoms with Gasteiger partial charge in [-0.05, 0) is 66.8 Å². The maximum absolute atomic E-state index is 12.2. The number of fused-ring (bicyclic) bond motifs is 1. The second-order valence-electron chi connectivity index (χ2n) is 6.98. The molecule has 0 radical (unpaired) electrons. The molecule has 25 heavy (non-hydrogen) atoms. The van der Waals surface area contributed by atoms with Crippen LogP contribution in [0.15, 0.2) is 41.4 Å². The summed E-state index contributed by atoms with van der Waals surface area (Å²) >= 11 is 0. The highest BCUT2D eigenvalue weighted by Gasteiger charge is 2.24. The summed E-state index contributed by atoms with van der Waals surface area (Å²) in [6, 6.07) is 9.95. The van der Waals surface area contributed by atoms with Crippen LogP contribution in [0.4, 0.5) is 5.82 Å². The van der Waals surface area contributed by atoms with E-state index in [-0.39, 0.29) is 4.90 Å². The molecule has 0 saturated heterocycles. The van der Waals surface area contributed by atoms with E-state index in [1.165, 1.54) is 42.1 Å². The lowest BCUT2D eigenvalue weighted by Crippen LogP contribution is -2.25. The van der Waals surface area contributed by atoms with Crippen molar-refractivity contribution >= 4 is 15.8 Å². The van der Waals surface area contributed by atoms with Gasteiger partial charge in [-0.25, -0.2) is 18.1 Å². The molecule has 1 heterocycles. The molecule has 1 aromatic heterocycles. The molecule has 0 atom stereocenters. The highest BCUT2D eigenvalue weighted by molar-refractivity contribution is 7.89. The summed E-state index contributed by atoms with van der Waals surface area (Å²) in [5.41, 5.74) is 4.15. The molecular weight excluding hydrogens is 334 g/mol. The zero-order chi connectivity index (χ0) is 17.3. The third-order valence-corrected chi connectivity index (χ3v) is 6.35. The fraction of sp³-hybridized carbons (Fsp3) is 0.421. The highest BCUT2D eigenvalue weighted by atomic mass is 32.2. The first kappa shape index (κ1) is 16.5. The van der Waals surface area contributed by atoms with Crippen molar-refractivity contribution in [2.45, 2.75) is 43.5 Å². The Labute approximate surface area is 148 Å². The molecule has 6 heteroatoms. The number of rotatable bonds is 7. The van der Waals surface area contributed by atoms with E-state index in [2.05, 4.69) is 33.2 Å².